The maximum Gasteiger partial charge on any atom is 0.303 e. The van der Waals surface area contributed by atoms with Crippen LogP contribution < -0.4 is 5.32 Å². The van der Waals surface area contributed by atoms with E-state index in [2.05, 4.69) is 10.3 Å². The largest absolute Gasteiger partial charge is 0.481 e. The lowest BCUT2D eigenvalue weighted by atomic mass is 10.2. The summed E-state index contributed by atoms with van der Waals surface area (Å²) in [6.45, 7) is 1.57. The molecule has 0 fully saturated rings. The van der Waals surface area contributed by atoms with Gasteiger partial charge in [0.25, 0.3) is 0 Å². The van der Waals surface area contributed by atoms with Crippen LogP contribution in [-0.4, -0.2) is 27.2 Å². The highest BCUT2D eigenvalue weighted by atomic mass is 16.4. The first-order chi connectivity index (χ1) is 7.20. The third-order valence-corrected chi connectivity index (χ3v) is 2.20. The van der Waals surface area contributed by atoms with Gasteiger partial charge >= 0.3 is 5.97 Å². The Morgan fingerprint density at radius 3 is 3.00 bits per heavy atom. The van der Waals surface area contributed by atoms with Crippen molar-refractivity contribution in [1.29, 1.82) is 0 Å². The Kier molecular flexibility index (Phi) is 4.83. The molecule has 1 rings (SSSR count). The van der Waals surface area contributed by atoms with Gasteiger partial charge in [0.15, 0.2) is 0 Å². The molecule has 0 aliphatic carbocycles. The van der Waals surface area contributed by atoms with Gasteiger partial charge in [-0.05, 0) is 19.4 Å². The molecule has 0 spiro atoms. The fourth-order valence-corrected chi connectivity index (χ4v) is 1.29. The van der Waals surface area contributed by atoms with Crippen molar-refractivity contribution in [3.05, 3.63) is 18.2 Å². The zero-order chi connectivity index (χ0) is 11.1. The van der Waals surface area contributed by atoms with Crippen LogP contribution >= 0.6 is 0 Å². The molecule has 0 unspecified atom stereocenters. The number of aliphatic carboxylic acids is 1. The standard InChI is InChI=1S/C10H17N3O2/c1-13-7-6-12-9(13)8-11-5-3-2-4-10(14)15/h6-7,11H,2-5,8H2,1H3,(H,14,15). The molecule has 0 radical (unpaired) electrons. The number of aromatic nitrogens is 2. The van der Waals surface area contributed by atoms with Crippen molar-refractivity contribution in [2.45, 2.75) is 25.8 Å². The molecule has 0 atom stereocenters. The number of carbonyl (C=O) groups is 1. The molecular weight excluding hydrogens is 194 g/mol. The highest BCUT2D eigenvalue weighted by molar-refractivity contribution is 5.66. The molecule has 15 heavy (non-hydrogen) atoms. The maximum absolute atomic E-state index is 10.2. The van der Waals surface area contributed by atoms with Crippen LogP contribution in [0.15, 0.2) is 12.4 Å². The van der Waals surface area contributed by atoms with Gasteiger partial charge in [-0.25, -0.2) is 4.98 Å². The van der Waals surface area contributed by atoms with E-state index in [9.17, 15) is 4.79 Å². The van der Waals surface area contributed by atoms with Gasteiger partial charge in [-0.1, -0.05) is 0 Å². The van der Waals surface area contributed by atoms with E-state index in [4.69, 9.17) is 5.11 Å². The monoisotopic (exact) mass is 211 g/mol. The molecule has 5 nitrogen and oxygen atoms in total. The lowest BCUT2D eigenvalue weighted by molar-refractivity contribution is -0.137. The van der Waals surface area contributed by atoms with Gasteiger partial charge in [-0.15, -0.1) is 0 Å². The van der Waals surface area contributed by atoms with E-state index in [-0.39, 0.29) is 6.42 Å². The molecule has 0 saturated heterocycles. The lowest BCUT2D eigenvalue weighted by Gasteiger charge is -2.03. The Morgan fingerprint density at radius 2 is 2.40 bits per heavy atom. The molecule has 2 N–H and O–H groups in total. The highest BCUT2D eigenvalue weighted by Gasteiger charge is 1.98. The van der Waals surface area contributed by atoms with Crippen molar-refractivity contribution in [2.24, 2.45) is 7.05 Å². The summed E-state index contributed by atoms with van der Waals surface area (Å²) in [6.07, 6.45) is 5.53. The first-order valence-corrected chi connectivity index (χ1v) is 5.09. The van der Waals surface area contributed by atoms with Crippen molar-refractivity contribution in [1.82, 2.24) is 14.9 Å². The van der Waals surface area contributed by atoms with Crippen LogP contribution in [0.1, 0.15) is 25.1 Å². The summed E-state index contributed by atoms with van der Waals surface area (Å²) < 4.78 is 1.96. The molecule has 0 amide bonds. The lowest BCUT2D eigenvalue weighted by Crippen LogP contribution is -2.17. The summed E-state index contributed by atoms with van der Waals surface area (Å²) in [4.78, 5) is 14.4. The van der Waals surface area contributed by atoms with Crippen molar-refractivity contribution >= 4 is 5.97 Å². The minimum atomic E-state index is -0.723. The Morgan fingerprint density at radius 1 is 1.60 bits per heavy atom. The van der Waals surface area contributed by atoms with Gasteiger partial charge in [0.05, 0.1) is 6.54 Å². The predicted octanol–water partition coefficient (Wildman–Crippen LogP) is 0.765. The van der Waals surface area contributed by atoms with Gasteiger partial charge < -0.3 is 15.0 Å². The molecule has 84 valence electrons. The summed E-state index contributed by atoms with van der Waals surface area (Å²) in [5.41, 5.74) is 0. The minimum absolute atomic E-state index is 0.254. The van der Waals surface area contributed by atoms with Crippen LogP contribution in [-0.2, 0) is 18.4 Å². The van der Waals surface area contributed by atoms with E-state index in [0.29, 0.717) is 0 Å². The number of unbranched alkanes of at least 4 members (excludes halogenated alkanes) is 1. The van der Waals surface area contributed by atoms with Crippen molar-refractivity contribution in [2.75, 3.05) is 6.54 Å². The topological polar surface area (TPSA) is 67.2 Å². The van der Waals surface area contributed by atoms with E-state index in [1.807, 2.05) is 17.8 Å². The molecule has 0 saturated carbocycles. The number of aryl methyl sites for hydroxylation is 1. The number of imidazole rings is 1. The van der Waals surface area contributed by atoms with Gasteiger partial charge in [0.2, 0.25) is 0 Å². The molecule has 0 bridgehead atoms. The van der Waals surface area contributed by atoms with E-state index >= 15 is 0 Å². The zero-order valence-electron chi connectivity index (χ0n) is 8.94. The average molecular weight is 211 g/mol. The first kappa shape index (κ1) is 11.7. The van der Waals surface area contributed by atoms with Crippen LogP contribution in [0, 0.1) is 0 Å². The summed E-state index contributed by atoms with van der Waals surface area (Å²) in [7, 11) is 1.95. The third kappa shape index (κ3) is 4.60. The highest BCUT2D eigenvalue weighted by Crippen LogP contribution is 1.95. The molecule has 5 heteroatoms. The zero-order valence-corrected chi connectivity index (χ0v) is 8.94. The molecule has 1 aromatic heterocycles. The molecular formula is C10H17N3O2. The normalized spacial score (nSPS) is 10.5. The van der Waals surface area contributed by atoms with E-state index in [1.54, 1.807) is 6.20 Å². The molecule has 0 aliphatic heterocycles. The number of nitrogens with one attached hydrogen (secondary N) is 1. The average Bonchev–Trinajstić information content (AvgIpc) is 2.57. The quantitative estimate of drug-likeness (QED) is 0.653. The summed E-state index contributed by atoms with van der Waals surface area (Å²) in [5.74, 6) is 0.271. The number of carboxylic acids is 1. The van der Waals surface area contributed by atoms with Crippen LogP contribution in [0.25, 0.3) is 0 Å². The number of hydrogen-bond acceptors (Lipinski definition) is 3. The maximum atomic E-state index is 10.2. The van der Waals surface area contributed by atoms with E-state index in [1.165, 1.54) is 0 Å². The second-order valence-electron chi connectivity index (χ2n) is 3.48. The molecule has 1 heterocycles. The predicted molar refractivity (Wildman–Crippen MR) is 56.4 cm³/mol. The van der Waals surface area contributed by atoms with Gasteiger partial charge in [0.1, 0.15) is 5.82 Å². The van der Waals surface area contributed by atoms with Crippen molar-refractivity contribution in [3.8, 4) is 0 Å². The van der Waals surface area contributed by atoms with Crippen LogP contribution in [0.5, 0.6) is 0 Å². The van der Waals surface area contributed by atoms with E-state index < -0.39 is 5.97 Å². The Hall–Kier alpha value is -1.36. The number of nitrogens with zero attached hydrogens (tertiary/aromatic N) is 2. The Bertz CT molecular complexity index is 309. The number of rotatable bonds is 7. The summed E-state index contributed by atoms with van der Waals surface area (Å²) in [6, 6.07) is 0. The van der Waals surface area contributed by atoms with Crippen LogP contribution in [0.3, 0.4) is 0 Å². The van der Waals surface area contributed by atoms with Crippen molar-refractivity contribution < 1.29 is 9.90 Å². The van der Waals surface area contributed by atoms with Crippen LogP contribution in [0.2, 0.25) is 0 Å². The second kappa shape index (κ2) is 6.19. The minimum Gasteiger partial charge on any atom is -0.481 e. The SMILES string of the molecule is Cn1ccnc1CNCCCCC(=O)O. The first-order valence-electron chi connectivity index (χ1n) is 5.09. The Labute approximate surface area is 89.1 Å². The van der Waals surface area contributed by atoms with Crippen LogP contribution in [0.4, 0.5) is 0 Å². The molecule has 0 aliphatic rings. The second-order valence-corrected chi connectivity index (χ2v) is 3.48. The fraction of sp³-hybridized carbons (Fsp3) is 0.600. The number of carboxylic acid groups (broad SMARTS) is 1. The van der Waals surface area contributed by atoms with Gasteiger partial charge in [-0.2, -0.15) is 0 Å². The van der Waals surface area contributed by atoms with Gasteiger partial charge in [0, 0.05) is 25.9 Å². The third-order valence-electron chi connectivity index (χ3n) is 2.20. The summed E-state index contributed by atoms with van der Waals surface area (Å²) in [5, 5.41) is 11.6. The van der Waals surface area contributed by atoms with Gasteiger partial charge in [-0.3, -0.25) is 4.79 Å². The number of hydrogen-bond donors (Lipinski definition) is 2. The van der Waals surface area contributed by atoms with E-state index in [0.717, 1.165) is 31.8 Å². The smallest absolute Gasteiger partial charge is 0.303 e. The molecule has 0 aromatic carbocycles. The fourth-order valence-electron chi connectivity index (χ4n) is 1.29. The Balaban J connectivity index is 2.03. The molecule has 1 aromatic rings. The van der Waals surface area contributed by atoms with Crippen molar-refractivity contribution in [3.63, 3.8) is 0 Å². The summed E-state index contributed by atoms with van der Waals surface area (Å²) >= 11 is 0.